The molecule has 0 bridgehead atoms. The molecule has 0 aliphatic carbocycles. The van der Waals surface area contributed by atoms with E-state index in [0.29, 0.717) is 5.82 Å². The average molecular weight is 357 g/mol. The molecule has 7 heteroatoms. The molecule has 0 amide bonds. The molecule has 0 radical (unpaired) electrons. The third-order valence-corrected chi connectivity index (χ3v) is 5.41. The average Bonchev–Trinajstić information content (AvgIpc) is 3.02. The SMILES string of the molecule is Cc1noc(C(NS(=O)(=O)c2ccc(C)c(C)c2)c2ccccc2)n1. The Morgan fingerprint density at radius 1 is 1.00 bits per heavy atom. The predicted octanol–water partition coefficient (Wildman–Crippen LogP) is 3.06. The Morgan fingerprint density at radius 3 is 2.32 bits per heavy atom. The second-order valence-corrected chi connectivity index (χ2v) is 7.60. The number of benzene rings is 2. The third kappa shape index (κ3) is 3.78. The van der Waals surface area contributed by atoms with E-state index < -0.39 is 16.1 Å². The molecule has 0 fully saturated rings. The summed E-state index contributed by atoms with van der Waals surface area (Å²) >= 11 is 0. The quantitative estimate of drug-likeness (QED) is 0.758. The van der Waals surface area contributed by atoms with Gasteiger partial charge in [0.25, 0.3) is 0 Å². The van der Waals surface area contributed by atoms with Gasteiger partial charge >= 0.3 is 0 Å². The fourth-order valence-corrected chi connectivity index (χ4v) is 3.70. The topological polar surface area (TPSA) is 85.1 Å². The first-order valence-corrected chi connectivity index (χ1v) is 9.30. The van der Waals surface area contributed by atoms with Crippen LogP contribution in [-0.2, 0) is 10.0 Å². The van der Waals surface area contributed by atoms with Gasteiger partial charge in [-0.3, -0.25) is 0 Å². The minimum atomic E-state index is -3.76. The largest absolute Gasteiger partial charge is 0.337 e. The predicted molar refractivity (Wildman–Crippen MR) is 93.6 cm³/mol. The van der Waals surface area contributed by atoms with Crippen LogP contribution < -0.4 is 4.72 Å². The summed E-state index contributed by atoms with van der Waals surface area (Å²) in [7, 11) is -3.76. The molecule has 3 aromatic rings. The van der Waals surface area contributed by atoms with Gasteiger partial charge in [-0.25, -0.2) is 8.42 Å². The molecule has 130 valence electrons. The standard InChI is InChI=1S/C18H19N3O3S/c1-12-9-10-16(11-13(12)2)25(22,23)21-17(15-7-5-4-6-8-15)18-19-14(3)20-24-18/h4-11,17,21H,1-3H3. The smallest absolute Gasteiger partial charge is 0.249 e. The molecule has 1 atom stereocenters. The number of aryl methyl sites for hydroxylation is 3. The zero-order valence-electron chi connectivity index (χ0n) is 14.2. The summed E-state index contributed by atoms with van der Waals surface area (Å²) in [6, 6.07) is 13.4. The molecule has 6 nitrogen and oxygen atoms in total. The Hall–Kier alpha value is -2.51. The molecule has 1 heterocycles. The Kier molecular flexibility index (Phi) is 4.69. The van der Waals surface area contributed by atoms with Crippen molar-refractivity contribution in [2.75, 3.05) is 0 Å². The lowest BCUT2D eigenvalue weighted by molar-refractivity contribution is 0.357. The van der Waals surface area contributed by atoms with Gasteiger partial charge in [0.2, 0.25) is 15.9 Å². The summed E-state index contributed by atoms with van der Waals surface area (Å²) in [5, 5.41) is 3.77. The van der Waals surface area contributed by atoms with Crippen LogP contribution in [0.25, 0.3) is 0 Å². The van der Waals surface area contributed by atoms with Crippen molar-refractivity contribution in [1.82, 2.24) is 14.9 Å². The summed E-state index contributed by atoms with van der Waals surface area (Å²) in [5.41, 5.74) is 2.66. The number of aromatic nitrogens is 2. The van der Waals surface area contributed by atoms with Crippen LogP contribution >= 0.6 is 0 Å². The summed E-state index contributed by atoms with van der Waals surface area (Å²) in [6.07, 6.45) is 0. The van der Waals surface area contributed by atoms with E-state index >= 15 is 0 Å². The Labute approximate surface area is 147 Å². The van der Waals surface area contributed by atoms with E-state index in [0.717, 1.165) is 16.7 Å². The minimum absolute atomic E-state index is 0.202. The van der Waals surface area contributed by atoms with Gasteiger partial charge in [0.1, 0.15) is 6.04 Å². The molecule has 1 N–H and O–H groups in total. The van der Waals surface area contributed by atoms with Crippen LogP contribution in [0.5, 0.6) is 0 Å². The van der Waals surface area contributed by atoms with Gasteiger partial charge in [-0.05, 0) is 49.6 Å². The van der Waals surface area contributed by atoms with Gasteiger partial charge in [-0.15, -0.1) is 0 Å². The van der Waals surface area contributed by atoms with E-state index in [1.807, 2.05) is 44.2 Å². The van der Waals surface area contributed by atoms with Crippen LogP contribution in [0.1, 0.15) is 34.4 Å². The molecule has 0 saturated carbocycles. The van der Waals surface area contributed by atoms with Crippen LogP contribution in [0.4, 0.5) is 0 Å². The maximum atomic E-state index is 12.9. The van der Waals surface area contributed by atoms with Gasteiger partial charge in [0.15, 0.2) is 5.82 Å². The van der Waals surface area contributed by atoms with Crippen molar-refractivity contribution in [3.63, 3.8) is 0 Å². The maximum Gasteiger partial charge on any atom is 0.249 e. The Balaban J connectivity index is 2.01. The summed E-state index contributed by atoms with van der Waals surface area (Å²) in [6.45, 7) is 5.50. The molecule has 2 aromatic carbocycles. The maximum absolute atomic E-state index is 12.9. The highest BCUT2D eigenvalue weighted by Gasteiger charge is 2.27. The summed E-state index contributed by atoms with van der Waals surface area (Å²) in [5.74, 6) is 0.650. The van der Waals surface area contributed by atoms with E-state index in [2.05, 4.69) is 14.9 Å². The van der Waals surface area contributed by atoms with E-state index in [4.69, 9.17) is 4.52 Å². The number of nitrogens with zero attached hydrogens (tertiary/aromatic N) is 2. The fraction of sp³-hybridized carbons (Fsp3) is 0.222. The van der Waals surface area contributed by atoms with Gasteiger partial charge in [0.05, 0.1) is 4.90 Å². The lowest BCUT2D eigenvalue weighted by atomic mass is 10.1. The molecule has 1 aromatic heterocycles. The highest BCUT2D eigenvalue weighted by atomic mass is 32.2. The minimum Gasteiger partial charge on any atom is -0.337 e. The first kappa shape index (κ1) is 17.3. The van der Waals surface area contributed by atoms with Crippen molar-refractivity contribution in [1.29, 1.82) is 0 Å². The van der Waals surface area contributed by atoms with Crippen molar-refractivity contribution < 1.29 is 12.9 Å². The number of rotatable bonds is 5. The number of sulfonamides is 1. The Bertz CT molecular complexity index is 982. The molecule has 0 aliphatic heterocycles. The van der Waals surface area contributed by atoms with Gasteiger partial charge in [-0.1, -0.05) is 41.6 Å². The Morgan fingerprint density at radius 2 is 1.72 bits per heavy atom. The molecule has 0 aliphatic rings. The van der Waals surface area contributed by atoms with Gasteiger partial charge in [-0.2, -0.15) is 9.71 Å². The normalized spacial score (nSPS) is 12.9. The number of hydrogen-bond acceptors (Lipinski definition) is 5. The highest BCUT2D eigenvalue weighted by molar-refractivity contribution is 7.89. The summed E-state index contributed by atoms with van der Waals surface area (Å²) in [4.78, 5) is 4.39. The third-order valence-electron chi connectivity index (χ3n) is 3.98. The molecule has 0 spiro atoms. The van der Waals surface area contributed by atoms with Crippen LogP contribution in [0, 0.1) is 20.8 Å². The van der Waals surface area contributed by atoms with E-state index in [9.17, 15) is 8.42 Å². The lowest BCUT2D eigenvalue weighted by Gasteiger charge is -2.16. The lowest BCUT2D eigenvalue weighted by Crippen LogP contribution is -2.29. The number of hydrogen-bond donors (Lipinski definition) is 1. The van der Waals surface area contributed by atoms with Crippen LogP contribution in [0.3, 0.4) is 0 Å². The van der Waals surface area contributed by atoms with E-state index in [1.54, 1.807) is 25.1 Å². The second-order valence-electron chi connectivity index (χ2n) is 5.89. The number of nitrogens with one attached hydrogen (secondary N) is 1. The fourth-order valence-electron chi connectivity index (χ4n) is 2.44. The van der Waals surface area contributed by atoms with Crippen LogP contribution in [0.15, 0.2) is 57.9 Å². The highest BCUT2D eigenvalue weighted by Crippen LogP contribution is 2.24. The van der Waals surface area contributed by atoms with Crippen molar-refractivity contribution in [3.05, 3.63) is 76.9 Å². The molecular weight excluding hydrogens is 338 g/mol. The molecular formula is C18H19N3O3S. The second kappa shape index (κ2) is 6.78. The van der Waals surface area contributed by atoms with Gasteiger partial charge < -0.3 is 4.52 Å². The first-order chi connectivity index (χ1) is 11.9. The van der Waals surface area contributed by atoms with Crippen LogP contribution in [-0.4, -0.2) is 18.6 Å². The molecule has 0 saturated heterocycles. The first-order valence-electron chi connectivity index (χ1n) is 7.81. The van der Waals surface area contributed by atoms with Gasteiger partial charge in [0, 0.05) is 0 Å². The summed E-state index contributed by atoms with van der Waals surface area (Å²) < 4.78 is 33.6. The van der Waals surface area contributed by atoms with Crippen molar-refractivity contribution in [2.24, 2.45) is 0 Å². The molecule has 25 heavy (non-hydrogen) atoms. The monoisotopic (exact) mass is 357 g/mol. The van der Waals surface area contributed by atoms with E-state index in [1.165, 1.54) is 0 Å². The zero-order valence-corrected chi connectivity index (χ0v) is 15.0. The van der Waals surface area contributed by atoms with Crippen molar-refractivity contribution in [2.45, 2.75) is 31.7 Å². The van der Waals surface area contributed by atoms with Crippen molar-refractivity contribution >= 4 is 10.0 Å². The molecule has 1 unspecified atom stereocenters. The van der Waals surface area contributed by atoms with Crippen LogP contribution in [0.2, 0.25) is 0 Å². The van der Waals surface area contributed by atoms with Crippen molar-refractivity contribution in [3.8, 4) is 0 Å². The zero-order chi connectivity index (χ0) is 18.0. The molecule has 3 rings (SSSR count). The van der Waals surface area contributed by atoms with E-state index in [-0.39, 0.29) is 10.8 Å².